The average molecular weight is 339 g/mol. The number of amides is 1. The van der Waals surface area contributed by atoms with Gasteiger partial charge in [-0.2, -0.15) is 0 Å². The Morgan fingerprint density at radius 1 is 1.04 bits per heavy atom. The number of rotatable bonds is 6. The first-order chi connectivity index (χ1) is 12.3. The minimum Gasteiger partial charge on any atom is -0.483 e. The Morgan fingerprint density at radius 2 is 1.72 bits per heavy atom. The van der Waals surface area contributed by atoms with E-state index in [2.05, 4.69) is 12.1 Å². The Morgan fingerprint density at radius 3 is 2.44 bits per heavy atom. The van der Waals surface area contributed by atoms with Gasteiger partial charge in [0.05, 0.1) is 0 Å². The van der Waals surface area contributed by atoms with Gasteiger partial charge >= 0.3 is 0 Å². The Balaban J connectivity index is 1.57. The molecule has 0 aromatic heterocycles. The summed E-state index contributed by atoms with van der Waals surface area (Å²) in [4.78, 5) is 14.2. The summed E-state index contributed by atoms with van der Waals surface area (Å²) >= 11 is 0. The molecule has 25 heavy (non-hydrogen) atoms. The van der Waals surface area contributed by atoms with Gasteiger partial charge in [-0.25, -0.2) is 0 Å². The van der Waals surface area contributed by atoms with E-state index in [1.54, 1.807) is 0 Å². The fourth-order valence-electron chi connectivity index (χ4n) is 3.20. The lowest BCUT2D eigenvalue weighted by molar-refractivity contribution is -0.135. The molecule has 132 valence electrons. The maximum Gasteiger partial charge on any atom is 0.260 e. The Labute approximate surface area is 149 Å². The summed E-state index contributed by atoms with van der Waals surface area (Å²) in [5.74, 6) is 1.12. The molecule has 1 saturated heterocycles. The molecule has 1 fully saturated rings. The smallest absolute Gasteiger partial charge is 0.260 e. The highest BCUT2D eigenvalue weighted by Gasteiger charge is 2.22. The minimum atomic E-state index is 0.0194. The Kier molecular flexibility index (Phi) is 6.07. The first-order valence-corrected chi connectivity index (χ1v) is 8.89. The molecule has 1 heterocycles. The van der Waals surface area contributed by atoms with Crippen LogP contribution in [0.5, 0.6) is 5.75 Å². The predicted octanol–water partition coefficient (Wildman–Crippen LogP) is 2.89. The average Bonchev–Trinajstić information content (AvgIpc) is 2.68. The van der Waals surface area contributed by atoms with Gasteiger partial charge in [0.15, 0.2) is 6.61 Å². The third-order valence-corrected chi connectivity index (χ3v) is 4.79. The van der Waals surface area contributed by atoms with Gasteiger partial charge in [-0.05, 0) is 36.0 Å². The van der Waals surface area contributed by atoms with Gasteiger partial charge in [0.2, 0.25) is 0 Å². The van der Waals surface area contributed by atoms with Gasteiger partial charge in [0.1, 0.15) is 5.75 Å². The van der Waals surface area contributed by atoms with Crippen molar-refractivity contribution in [3.63, 3.8) is 0 Å². The summed E-state index contributed by atoms with van der Waals surface area (Å²) in [6.07, 6.45) is 2.52. The molecule has 0 aliphatic carbocycles. The summed E-state index contributed by atoms with van der Waals surface area (Å²) in [6.45, 7) is 1.69. The SMILES string of the molecule is O=C(COc1ccccc1Cc1ccccc1)N1CCC(CO)CC1. The molecular formula is C21H25NO3. The summed E-state index contributed by atoms with van der Waals surface area (Å²) in [5, 5.41) is 9.19. The molecule has 0 unspecified atom stereocenters. The third kappa shape index (κ3) is 4.83. The van der Waals surface area contributed by atoms with E-state index >= 15 is 0 Å². The van der Waals surface area contributed by atoms with Crippen LogP contribution in [0, 0.1) is 5.92 Å². The van der Waals surface area contributed by atoms with Crippen molar-refractivity contribution < 1.29 is 14.6 Å². The van der Waals surface area contributed by atoms with Gasteiger partial charge < -0.3 is 14.7 Å². The van der Waals surface area contributed by atoms with Crippen molar-refractivity contribution >= 4 is 5.91 Å². The molecule has 0 radical (unpaired) electrons. The van der Waals surface area contributed by atoms with Crippen LogP contribution in [0.1, 0.15) is 24.0 Å². The van der Waals surface area contributed by atoms with E-state index in [0.717, 1.165) is 30.6 Å². The molecule has 3 rings (SSSR count). The van der Waals surface area contributed by atoms with Crippen LogP contribution in [0.25, 0.3) is 0 Å². The second-order valence-corrected chi connectivity index (χ2v) is 6.57. The molecule has 2 aromatic carbocycles. The van der Waals surface area contributed by atoms with E-state index in [0.29, 0.717) is 19.0 Å². The maximum atomic E-state index is 12.4. The second-order valence-electron chi connectivity index (χ2n) is 6.57. The molecule has 1 aliphatic heterocycles. The van der Waals surface area contributed by atoms with E-state index in [1.165, 1.54) is 5.56 Å². The largest absolute Gasteiger partial charge is 0.483 e. The predicted molar refractivity (Wildman–Crippen MR) is 97.6 cm³/mol. The normalized spacial score (nSPS) is 15.2. The van der Waals surface area contributed by atoms with Crippen LogP contribution in [0.3, 0.4) is 0 Å². The quantitative estimate of drug-likeness (QED) is 0.880. The van der Waals surface area contributed by atoms with Crippen molar-refractivity contribution in [3.05, 3.63) is 65.7 Å². The summed E-state index contributed by atoms with van der Waals surface area (Å²) in [5.41, 5.74) is 2.30. The van der Waals surface area contributed by atoms with Crippen LogP contribution in [-0.2, 0) is 11.2 Å². The number of hydrogen-bond acceptors (Lipinski definition) is 3. The van der Waals surface area contributed by atoms with E-state index in [4.69, 9.17) is 4.74 Å². The van der Waals surface area contributed by atoms with Crippen LogP contribution in [-0.4, -0.2) is 42.2 Å². The lowest BCUT2D eigenvalue weighted by atomic mass is 9.98. The second kappa shape index (κ2) is 8.67. The van der Waals surface area contributed by atoms with Gasteiger partial charge in [-0.3, -0.25) is 4.79 Å². The fourth-order valence-corrected chi connectivity index (χ4v) is 3.20. The topological polar surface area (TPSA) is 49.8 Å². The van der Waals surface area contributed by atoms with Gasteiger partial charge in [0, 0.05) is 26.1 Å². The molecule has 0 bridgehead atoms. The molecule has 1 aliphatic rings. The van der Waals surface area contributed by atoms with E-state index in [1.807, 2.05) is 47.4 Å². The zero-order chi connectivity index (χ0) is 17.5. The van der Waals surface area contributed by atoms with Crippen molar-refractivity contribution in [1.29, 1.82) is 0 Å². The van der Waals surface area contributed by atoms with Crippen LogP contribution >= 0.6 is 0 Å². The van der Waals surface area contributed by atoms with E-state index in [9.17, 15) is 9.90 Å². The molecule has 0 atom stereocenters. The van der Waals surface area contributed by atoms with Gasteiger partial charge in [0.25, 0.3) is 5.91 Å². The van der Waals surface area contributed by atoms with E-state index in [-0.39, 0.29) is 19.1 Å². The first kappa shape index (κ1) is 17.5. The van der Waals surface area contributed by atoms with Crippen LogP contribution < -0.4 is 4.74 Å². The summed E-state index contributed by atoms with van der Waals surface area (Å²) in [7, 11) is 0. The molecule has 4 nitrogen and oxygen atoms in total. The highest BCUT2D eigenvalue weighted by molar-refractivity contribution is 5.77. The molecule has 0 saturated carbocycles. The molecule has 0 spiro atoms. The lowest BCUT2D eigenvalue weighted by Crippen LogP contribution is -2.41. The number of aliphatic hydroxyl groups is 1. The van der Waals surface area contributed by atoms with Crippen molar-refractivity contribution in [2.24, 2.45) is 5.92 Å². The standard InChI is InChI=1S/C21H25NO3/c23-15-18-10-12-22(13-11-18)21(24)16-25-20-9-5-4-8-19(20)14-17-6-2-1-3-7-17/h1-9,18,23H,10-16H2. The highest BCUT2D eigenvalue weighted by Crippen LogP contribution is 2.22. The van der Waals surface area contributed by atoms with Crippen molar-refractivity contribution in [2.75, 3.05) is 26.3 Å². The zero-order valence-corrected chi connectivity index (χ0v) is 14.4. The van der Waals surface area contributed by atoms with Crippen molar-refractivity contribution in [3.8, 4) is 5.75 Å². The summed E-state index contributed by atoms with van der Waals surface area (Å²) in [6, 6.07) is 18.1. The lowest BCUT2D eigenvalue weighted by Gasteiger charge is -2.31. The maximum absolute atomic E-state index is 12.4. The van der Waals surface area contributed by atoms with Crippen molar-refractivity contribution in [1.82, 2.24) is 4.90 Å². The number of nitrogens with zero attached hydrogens (tertiary/aromatic N) is 1. The number of carbonyl (C=O) groups is 1. The number of piperidine rings is 1. The number of ether oxygens (including phenoxy) is 1. The number of benzene rings is 2. The fraction of sp³-hybridized carbons (Fsp3) is 0.381. The molecular weight excluding hydrogens is 314 g/mol. The number of carbonyl (C=O) groups excluding carboxylic acids is 1. The van der Waals surface area contributed by atoms with Crippen LogP contribution in [0.15, 0.2) is 54.6 Å². The Hall–Kier alpha value is -2.33. The van der Waals surface area contributed by atoms with Gasteiger partial charge in [-0.1, -0.05) is 48.5 Å². The monoisotopic (exact) mass is 339 g/mol. The molecule has 1 amide bonds. The first-order valence-electron chi connectivity index (χ1n) is 8.89. The molecule has 1 N–H and O–H groups in total. The summed E-state index contributed by atoms with van der Waals surface area (Å²) < 4.78 is 5.84. The van der Waals surface area contributed by atoms with E-state index < -0.39 is 0 Å². The molecule has 2 aromatic rings. The molecule has 4 heteroatoms. The number of para-hydroxylation sites is 1. The van der Waals surface area contributed by atoms with Crippen LogP contribution in [0.2, 0.25) is 0 Å². The zero-order valence-electron chi connectivity index (χ0n) is 14.4. The van der Waals surface area contributed by atoms with Crippen LogP contribution in [0.4, 0.5) is 0 Å². The number of aliphatic hydroxyl groups excluding tert-OH is 1. The highest BCUT2D eigenvalue weighted by atomic mass is 16.5. The van der Waals surface area contributed by atoms with Gasteiger partial charge in [-0.15, -0.1) is 0 Å². The third-order valence-electron chi connectivity index (χ3n) is 4.79. The number of hydrogen-bond donors (Lipinski definition) is 1. The Bertz CT molecular complexity index is 679. The van der Waals surface area contributed by atoms with Crippen molar-refractivity contribution in [2.45, 2.75) is 19.3 Å². The minimum absolute atomic E-state index is 0.0194. The number of likely N-dealkylation sites (tertiary alicyclic amines) is 1.